The topological polar surface area (TPSA) is 21.7 Å². The van der Waals surface area contributed by atoms with Gasteiger partial charge in [0.1, 0.15) is 0 Å². The fourth-order valence-corrected chi connectivity index (χ4v) is 2.08. The zero-order chi connectivity index (χ0) is 13.9. The van der Waals surface area contributed by atoms with Gasteiger partial charge in [0, 0.05) is 31.7 Å². The second-order valence-electron chi connectivity index (χ2n) is 4.53. The normalized spacial score (nSPS) is 21.2. The number of morpholine rings is 1. The number of ether oxygens (including phenoxy) is 2. The second-order valence-corrected chi connectivity index (χ2v) is 4.53. The monoisotopic (exact) mass is 259 g/mol. The first-order valence-corrected chi connectivity index (χ1v) is 7.72. The van der Waals surface area contributed by atoms with Gasteiger partial charge >= 0.3 is 0 Å². The van der Waals surface area contributed by atoms with E-state index in [0.29, 0.717) is 5.41 Å². The summed E-state index contributed by atoms with van der Waals surface area (Å²) in [6.45, 7) is 17.1. The van der Waals surface area contributed by atoms with Gasteiger partial charge in [-0.05, 0) is 19.8 Å². The van der Waals surface area contributed by atoms with Gasteiger partial charge in [-0.1, -0.05) is 27.7 Å². The van der Waals surface area contributed by atoms with Crippen LogP contribution in [0.2, 0.25) is 0 Å². The Morgan fingerprint density at radius 3 is 2.06 bits per heavy atom. The average molecular weight is 259 g/mol. The molecule has 0 spiro atoms. The Morgan fingerprint density at radius 2 is 1.61 bits per heavy atom. The Hall–Kier alpha value is -0.120. The molecule has 1 saturated heterocycles. The van der Waals surface area contributed by atoms with E-state index in [-0.39, 0.29) is 0 Å². The molecule has 1 heterocycles. The summed E-state index contributed by atoms with van der Waals surface area (Å²) in [5.41, 5.74) is 0.507. The van der Waals surface area contributed by atoms with Gasteiger partial charge in [-0.15, -0.1) is 0 Å². The average Bonchev–Trinajstić information content (AvgIpc) is 3.22. The zero-order valence-electron chi connectivity index (χ0n) is 13.1. The highest BCUT2D eigenvalue weighted by Gasteiger charge is 2.44. The maximum absolute atomic E-state index is 5.54. The van der Waals surface area contributed by atoms with Crippen molar-refractivity contribution in [1.82, 2.24) is 4.90 Å². The Kier molecular flexibility index (Phi) is 10.7. The maximum atomic E-state index is 5.54. The fraction of sp³-hybridized carbons (Fsp3) is 1.00. The van der Waals surface area contributed by atoms with Crippen LogP contribution in [-0.4, -0.2) is 51.0 Å². The van der Waals surface area contributed by atoms with Crippen molar-refractivity contribution in [3.8, 4) is 0 Å². The Bertz CT molecular complexity index is 175. The van der Waals surface area contributed by atoms with Gasteiger partial charge in [-0.3, -0.25) is 4.90 Å². The first-order valence-electron chi connectivity index (χ1n) is 7.72. The van der Waals surface area contributed by atoms with Crippen molar-refractivity contribution in [2.45, 2.75) is 47.5 Å². The van der Waals surface area contributed by atoms with Crippen LogP contribution in [-0.2, 0) is 9.47 Å². The molecule has 0 atom stereocenters. The largest absolute Gasteiger partial charge is 0.381 e. The lowest BCUT2D eigenvalue weighted by molar-refractivity contribution is 0.0140. The summed E-state index contributed by atoms with van der Waals surface area (Å²) < 4.78 is 10.9. The third-order valence-electron chi connectivity index (χ3n) is 3.23. The molecule has 0 aromatic carbocycles. The van der Waals surface area contributed by atoms with Crippen molar-refractivity contribution in [3.05, 3.63) is 0 Å². The number of hydrogen-bond donors (Lipinski definition) is 0. The van der Waals surface area contributed by atoms with Crippen molar-refractivity contribution in [1.29, 1.82) is 0 Å². The van der Waals surface area contributed by atoms with Crippen LogP contribution in [0.1, 0.15) is 47.5 Å². The van der Waals surface area contributed by atoms with Crippen molar-refractivity contribution < 1.29 is 9.47 Å². The SMILES string of the molecule is CC.CC.CCOCC1(CN2CCOCC2)CC1. The molecular weight excluding hydrogens is 226 g/mol. The first-order chi connectivity index (χ1) is 8.85. The van der Waals surface area contributed by atoms with Crippen molar-refractivity contribution >= 4 is 0 Å². The van der Waals surface area contributed by atoms with E-state index in [9.17, 15) is 0 Å². The molecule has 3 heteroatoms. The molecule has 0 aromatic rings. The predicted octanol–water partition coefficient (Wildman–Crippen LogP) is 3.19. The highest BCUT2D eigenvalue weighted by Crippen LogP contribution is 2.46. The van der Waals surface area contributed by atoms with Crippen LogP contribution in [0.3, 0.4) is 0 Å². The maximum Gasteiger partial charge on any atom is 0.0594 e. The Labute approximate surface area is 114 Å². The minimum atomic E-state index is 0.507. The van der Waals surface area contributed by atoms with Crippen molar-refractivity contribution in [2.24, 2.45) is 5.41 Å². The van der Waals surface area contributed by atoms with Crippen molar-refractivity contribution in [3.63, 3.8) is 0 Å². The van der Waals surface area contributed by atoms with Gasteiger partial charge in [-0.2, -0.15) is 0 Å². The van der Waals surface area contributed by atoms with E-state index in [4.69, 9.17) is 9.47 Å². The lowest BCUT2D eigenvalue weighted by Gasteiger charge is -2.30. The summed E-state index contributed by atoms with van der Waals surface area (Å²) in [5.74, 6) is 0. The lowest BCUT2D eigenvalue weighted by atomic mass is 10.1. The van der Waals surface area contributed by atoms with Gasteiger partial charge in [0.15, 0.2) is 0 Å². The summed E-state index contributed by atoms with van der Waals surface area (Å²) in [5, 5.41) is 0. The third kappa shape index (κ3) is 6.72. The molecule has 18 heavy (non-hydrogen) atoms. The number of hydrogen-bond acceptors (Lipinski definition) is 3. The summed E-state index contributed by atoms with van der Waals surface area (Å²) >= 11 is 0. The molecule has 2 aliphatic rings. The van der Waals surface area contributed by atoms with E-state index in [0.717, 1.165) is 39.5 Å². The van der Waals surface area contributed by atoms with Crippen LogP contribution in [0.4, 0.5) is 0 Å². The van der Waals surface area contributed by atoms with E-state index in [1.54, 1.807) is 0 Å². The molecular formula is C15H33NO2. The van der Waals surface area contributed by atoms with Crippen LogP contribution in [0.5, 0.6) is 0 Å². The van der Waals surface area contributed by atoms with E-state index < -0.39 is 0 Å². The van der Waals surface area contributed by atoms with Gasteiger partial charge in [0.25, 0.3) is 0 Å². The standard InChI is InChI=1S/C11H21NO2.2C2H6/c1-2-13-10-11(3-4-11)9-12-5-7-14-8-6-12;2*1-2/h2-10H2,1H3;2*1-2H3. The summed E-state index contributed by atoms with van der Waals surface area (Å²) in [4.78, 5) is 2.52. The first kappa shape index (κ1) is 17.9. The molecule has 1 aliphatic heterocycles. The van der Waals surface area contributed by atoms with Crippen LogP contribution in [0, 0.1) is 5.41 Å². The minimum Gasteiger partial charge on any atom is -0.381 e. The molecule has 3 nitrogen and oxygen atoms in total. The third-order valence-corrected chi connectivity index (χ3v) is 3.23. The molecule has 2 rings (SSSR count). The molecule has 1 aliphatic carbocycles. The molecule has 0 radical (unpaired) electrons. The van der Waals surface area contributed by atoms with Gasteiger partial charge in [0.05, 0.1) is 19.8 Å². The second kappa shape index (κ2) is 10.8. The Balaban J connectivity index is 0.000000659. The zero-order valence-corrected chi connectivity index (χ0v) is 13.1. The van der Waals surface area contributed by atoms with Gasteiger partial charge < -0.3 is 9.47 Å². The molecule has 0 N–H and O–H groups in total. The van der Waals surface area contributed by atoms with Crippen LogP contribution in [0.15, 0.2) is 0 Å². The van der Waals surface area contributed by atoms with Crippen LogP contribution in [0.25, 0.3) is 0 Å². The van der Waals surface area contributed by atoms with Gasteiger partial charge in [-0.25, -0.2) is 0 Å². The smallest absolute Gasteiger partial charge is 0.0594 e. The predicted molar refractivity (Wildman–Crippen MR) is 78.1 cm³/mol. The fourth-order valence-electron chi connectivity index (χ4n) is 2.08. The Morgan fingerprint density at radius 1 is 1.06 bits per heavy atom. The van der Waals surface area contributed by atoms with E-state index in [1.807, 2.05) is 27.7 Å². The molecule has 0 amide bonds. The quantitative estimate of drug-likeness (QED) is 0.757. The summed E-state index contributed by atoms with van der Waals surface area (Å²) in [6, 6.07) is 0. The van der Waals surface area contributed by atoms with E-state index in [2.05, 4.69) is 11.8 Å². The van der Waals surface area contributed by atoms with Gasteiger partial charge in [0.2, 0.25) is 0 Å². The molecule has 1 saturated carbocycles. The van der Waals surface area contributed by atoms with E-state index in [1.165, 1.54) is 19.4 Å². The van der Waals surface area contributed by atoms with Crippen LogP contribution < -0.4 is 0 Å². The minimum absolute atomic E-state index is 0.507. The molecule has 0 aromatic heterocycles. The van der Waals surface area contributed by atoms with Crippen molar-refractivity contribution in [2.75, 3.05) is 46.1 Å². The number of nitrogens with zero attached hydrogens (tertiary/aromatic N) is 1. The molecule has 2 fully saturated rings. The van der Waals surface area contributed by atoms with E-state index >= 15 is 0 Å². The molecule has 0 unspecified atom stereocenters. The summed E-state index contributed by atoms with van der Waals surface area (Å²) in [7, 11) is 0. The number of rotatable bonds is 5. The molecule has 0 bridgehead atoms. The summed E-state index contributed by atoms with van der Waals surface area (Å²) in [6.07, 6.45) is 2.70. The molecule has 110 valence electrons. The highest BCUT2D eigenvalue weighted by atomic mass is 16.5. The highest BCUT2D eigenvalue weighted by molar-refractivity contribution is 4.95. The lowest BCUT2D eigenvalue weighted by Crippen LogP contribution is -2.40. The van der Waals surface area contributed by atoms with Crippen LogP contribution >= 0.6 is 0 Å².